The molecule has 0 saturated heterocycles. The predicted molar refractivity (Wildman–Crippen MR) is 95.3 cm³/mol. The van der Waals surface area contributed by atoms with Gasteiger partial charge in [0.1, 0.15) is 0 Å². The van der Waals surface area contributed by atoms with Crippen molar-refractivity contribution < 1.29 is 15.1 Å². The van der Waals surface area contributed by atoms with Crippen LogP contribution in [0.15, 0.2) is 18.2 Å². The van der Waals surface area contributed by atoms with Crippen molar-refractivity contribution in [3.8, 4) is 0 Å². The summed E-state index contributed by atoms with van der Waals surface area (Å²) in [6.45, 7) is 9.74. The van der Waals surface area contributed by atoms with E-state index < -0.39 is 11.0 Å². The number of aryl methyl sites for hydroxylation is 1. The lowest BCUT2D eigenvalue weighted by Gasteiger charge is -2.09. The summed E-state index contributed by atoms with van der Waals surface area (Å²) in [7, 11) is 1.50. The highest BCUT2D eigenvalue weighted by atomic mass is 16.6. The molecule has 0 spiro atoms. The molecule has 1 unspecified atom stereocenters. The molecule has 0 saturated carbocycles. The van der Waals surface area contributed by atoms with Crippen molar-refractivity contribution in [3.63, 3.8) is 0 Å². The van der Waals surface area contributed by atoms with Crippen LogP contribution in [0.1, 0.15) is 38.8 Å². The second-order valence-electron chi connectivity index (χ2n) is 3.75. The second-order valence-corrected chi connectivity index (χ2v) is 3.75. The molecule has 1 aromatic carbocycles. The number of carbonyl (C=O) groups is 1. The molecule has 132 valence electrons. The van der Waals surface area contributed by atoms with Crippen LogP contribution >= 0.6 is 0 Å². The third-order valence-corrected chi connectivity index (χ3v) is 2.51. The van der Waals surface area contributed by atoms with Gasteiger partial charge in [-0.3, -0.25) is 20.3 Å². The minimum atomic E-state index is -0.708. The fraction of sp³-hybridized carbons (Fsp3) is 0.500. The number of Topliss-reactive ketones (excluding diaryl/α,β-unsaturated/α-hetero) is 1. The normalized spacial score (nSPS) is 9.57. The Bertz CT molecular complexity index is 476. The van der Waals surface area contributed by atoms with Crippen LogP contribution in [0.25, 0.3) is 0 Å². The molecule has 0 fully saturated rings. The molecule has 0 amide bonds. The van der Waals surface area contributed by atoms with Crippen LogP contribution in [0, 0.1) is 17.0 Å². The molecule has 0 aromatic heterocycles. The molecule has 0 aliphatic heterocycles. The SMILES string of the molecule is CC.CC.CN.Cc1cc([N+](=O)[O-])ccc1CC(N)C(=O)C=[NH2+]. The maximum Gasteiger partial charge on any atom is 0.269 e. The van der Waals surface area contributed by atoms with Gasteiger partial charge in [-0.15, -0.1) is 0 Å². The number of carbonyl (C=O) groups excluding carboxylic acids is 1. The fourth-order valence-electron chi connectivity index (χ4n) is 1.48. The van der Waals surface area contributed by atoms with Crippen LogP contribution in [0.4, 0.5) is 5.69 Å². The lowest BCUT2D eigenvalue weighted by atomic mass is 9.99. The summed E-state index contributed by atoms with van der Waals surface area (Å²) in [5, 5.41) is 15.6. The minimum absolute atomic E-state index is 0.0246. The van der Waals surface area contributed by atoms with Gasteiger partial charge in [0.2, 0.25) is 12.0 Å². The molecule has 7 heteroatoms. The van der Waals surface area contributed by atoms with Gasteiger partial charge in [-0.2, -0.15) is 0 Å². The maximum atomic E-state index is 11.2. The molecule has 6 N–H and O–H groups in total. The fourth-order valence-corrected chi connectivity index (χ4v) is 1.48. The van der Waals surface area contributed by atoms with Crippen LogP contribution in [0.2, 0.25) is 0 Å². The molecule has 1 rings (SSSR count). The molecule has 7 nitrogen and oxygen atoms in total. The number of benzene rings is 1. The summed E-state index contributed by atoms with van der Waals surface area (Å²) in [5.74, 6) is -0.345. The molecule has 0 bridgehead atoms. The number of hydrogen-bond donors (Lipinski definition) is 3. The summed E-state index contributed by atoms with van der Waals surface area (Å²) < 4.78 is 0. The van der Waals surface area contributed by atoms with E-state index in [0.717, 1.165) is 17.3 Å². The summed E-state index contributed by atoms with van der Waals surface area (Å²) in [4.78, 5) is 21.3. The van der Waals surface area contributed by atoms with Gasteiger partial charge in [0.05, 0.1) is 11.0 Å². The third kappa shape index (κ3) is 10.3. The number of nitrogens with zero attached hydrogens (tertiary/aromatic N) is 1. The highest BCUT2D eigenvalue weighted by Crippen LogP contribution is 2.18. The molecule has 0 heterocycles. The summed E-state index contributed by atoms with van der Waals surface area (Å²) in [6.07, 6.45) is 1.25. The largest absolute Gasteiger partial charge is 0.333 e. The highest BCUT2D eigenvalue weighted by molar-refractivity contribution is 6.27. The van der Waals surface area contributed by atoms with E-state index in [4.69, 9.17) is 11.1 Å². The van der Waals surface area contributed by atoms with Crippen molar-refractivity contribution in [2.24, 2.45) is 11.5 Å². The zero-order valence-corrected chi connectivity index (χ0v) is 15.0. The van der Waals surface area contributed by atoms with Gasteiger partial charge in [-0.1, -0.05) is 33.8 Å². The van der Waals surface area contributed by atoms with E-state index in [2.05, 4.69) is 5.73 Å². The summed E-state index contributed by atoms with van der Waals surface area (Å²) in [6, 6.07) is 3.75. The molecular formula is C16H31N4O3+. The first-order valence-corrected chi connectivity index (χ1v) is 7.61. The zero-order valence-electron chi connectivity index (χ0n) is 15.0. The Kier molecular flexibility index (Phi) is 18.2. The smallest absolute Gasteiger partial charge is 0.269 e. The first-order chi connectivity index (χ1) is 11.0. The van der Waals surface area contributed by atoms with Gasteiger partial charge in [0.25, 0.3) is 5.69 Å². The zero-order chi connectivity index (χ0) is 19.0. The van der Waals surface area contributed by atoms with Crippen molar-refractivity contribution in [1.82, 2.24) is 0 Å². The number of nitro benzene ring substituents is 1. The Hall–Kier alpha value is -2.12. The minimum Gasteiger partial charge on any atom is -0.333 e. The van der Waals surface area contributed by atoms with Gasteiger partial charge in [0, 0.05) is 12.1 Å². The monoisotopic (exact) mass is 327 g/mol. The molecule has 0 radical (unpaired) electrons. The van der Waals surface area contributed by atoms with Crippen molar-refractivity contribution >= 4 is 17.7 Å². The highest BCUT2D eigenvalue weighted by Gasteiger charge is 2.16. The van der Waals surface area contributed by atoms with Crippen LogP contribution < -0.4 is 16.9 Å². The standard InChI is InChI=1S/C11H13N3O3.2C2H6.CH5N/c1-7-4-9(14(16)17)3-2-8(7)5-10(13)11(15)6-12;3*1-2/h2-4,6,10,12H,5,13H2,1H3;2*1-2H3;2H2,1H3/p+1. The lowest BCUT2D eigenvalue weighted by molar-refractivity contribution is -0.384. The maximum absolute atomic E-state index is 11.2. The first-order valence-electron chi connectivity index (χ1n) is 7.61. The van der Waals surface area contributed by atoms with Crippen molar-refractivity contribution in [3.05, 3.63) is 39.4 Å². The number of rotatable bonds is 5. The third-order valence-electron chi connectivity index (χ3n) is 2.51. The van der Waals surface area contributed by atoms with Crippen LogP contribution in [0.3, 0.4) is 0 Å². The van der Waals surface area contributed by atoms with Gasteiger partial charge in [-0.25, -0.2) is 0 Å². The van der Waals surface area contributed by atoms with E-state index in [1.807, 2.05) is 27.7 Å². The molecule has 0 aliphatic carbocycles. The number of nitrogens with two attached hydrogens (primary N) is 3. The Morgan fingerprint density at radius 3 is 2.13 bits per heavy atom. The van der Waals surface area contributed by atoms with Gasteiger partial charge in [0.15, 0.2) is 0 Å². The Morgan fingerprint density at radius 1 is 1.30 bits per heavy atom. The van der Waals surface area contributed by atoms with E-state index in [1.54, 1.807) is 13.0 Å². The Morgan fingerprint density at radius 2 is 1.78 bits per heavy atom. The van der Waals surface area contributed by atoms with Crippen LogP contribution in [-0.4, -0.2) is 30.0 Å². The van der Waals surface area contributed by atoms with Crippen molar-refractivity contribution in [2.45, 2.75) is 47.1 Å². The van der Waals surface area contributed by atoms with Gasteiger partial charge < -0.3 is 11.5 Å². The van der Waals surface area contributed by atoms with E-state index in [0.29, 0.717) is 6.42 Å². The van der Waals surface area contributed by atoms with Gasteiger partial charge in [-0.05, 0) is 31.5 Å². The number of nitro groups is 1. The average molecular weight is 327 g/mol. The molecular weight excluding hydrogens is 296 g/mol. The number of ketones is 1. The Labute approximate surface area is 138 Å². The molecule has 23 heavy (non-hydrogen) atoms. The van der Waals surface area contributed by atoms with Crippen molar-refractivity contribution in [2.75, 3.05) is 7.05 Å². The molecule has 1 atom stereocenters. The van der Waals surface area contributed by atoms with E-state index in [-0.39, 0.29) is 11.5 Å². The Balaban J connectivity index is -0.000000595. The van der Waals surface area contributed by atoms with Crippen LogP contribution in [0.5, 0.6) is 0 Å². The first kappa shape index (κ1) is 25.8. The second kappa shape index (κ2) is 16.3. The molecule has 0 aliphatic rings. The molecule has 1 aromatic rings. The van der Waals surface area contributed by atoms with Crippen LogP contribution in [-0.2, 0) is 11.2 Å². The van der Waals surface area contributed by atoms with Gasteiger partial charge >= 0.3 is 0 Å². The average Bonchev–Trinajstić information content (AvgIpc) is 2.60. The quantitative estimate of drug-likeness (QED) is 0.417. The van der Waals surface area contributed by atoms with Crippen molar-refractivity contribution in [1.29, 1.82) is 0 Å². The summed E-state index contributed by atoms with van der Waals surface area (Å²) >= 11 is 0. The predicted octanol–water partition coefficient (Wildman–Crippen LogP) is 0.799. The summed E-state index contributed by atoms with van der Waals surface area (Å²) in [5.41, 5.74) is 11.7. The van der Waals surface area contributed by atoms with E-state index in [9.17, 15) is 14.9 Å². The lowest BCUT2D eigenvalue weighted by Crippen LogP contribution is -2.43. The van der Waals surface area contributed by atoms with E-state index in [1.165, 1.54) is 19.2 Å². The van der Waals surface area contributed by atoms with E-state index >= 15 is 0 Å². The topological polar surface area (TPSA) is 138 Å². The number of hydrogen-bond acceptors (Lipinski definition) is 5. The number of non-ortho nitro benzene ring substituents is 1.